The van der Waals surface area contributed by atoms with E-state index in [1.807, 2.05) is 13.1 Å². The summed E-state index contributed by atoms with van der Waals surface area (Å²) in [4.78, 5) is 23.1. The molecule has 0 spiro atoms. The van der Waals surface area contributed by atoms with Gasteiger partial charge in [0, 0.05) is 32.3 Å². The van der Waals surface area contributed by atoms with E-state index in [9.17, 15) is 9.18 Å². The molecule has 1 amide bonds. The summed E-state index contributed by atoms with van der Waals surface area (Å²) in [6.45, 7) is 1.25. The summed E-state index contributed by atoms with van der Waals surface area (Å²) in [5.41, 5.74) is 1.91. The Labute approximate surface area is 150 Å². The molecule has 3 aromatic rings. The van der Waals surface area contributed by atoms with Crippen LogP contribution in [0.2, 0.25) is 0 Å². The van der Waals surface area contributed by atoms with Crippen LogP contribution in [-0.2, 0) is 11.8 Å². The Kier molecular flexibility index (Phi) is 4.28. The number of ether oxygens (including phenoxy) is 1. The molecule has 26 heavy (non-hydrogen) atoms. The highest BCUT2D eigenvalue weighted by Gasteiger charge is 2.30. The van der Waals surface area contributed by atoms with Crippen LogP contribution in [0.25, 0.3) is 11.0 Å². The summed E-state index contributed by atoms with van der Waals surface area (Å²) in [6, 6.07) is 7.55. The molecule has 0 saturated carbocycles. The van der Waals surface area contributed by atoms with Crippen molar-refractivity contribution in [3.8, 4) is 5.75 Å². The second-order valence-corrected chi connectivity index (χ2v) is 6.46. The number of nitrogens with zero attached hydrogens (tertiary/aromatic N) is 4. The number of benzene rings is 1. The number of carbonyl (C=O) groups excluding carboxylic acids is 1. The van der Waals surface area contributed by atoms with Gasteiger partial charge in [-0.25, -0.2) is 9.37 Å². The van der Waals surface area contributed by atoms with E-state index in [0.717, 1.165) is 23.3 Å². The van der Waals surface area contributed by atoms with Crippen LogP contribution in [0.4, 0.5) is 4.39 Å². The molecule has 0 bridgehead atoms. The Balaban J connectivity index is 1.40. The molecule has 0 N–H and O–H groups in total. The van der Waals surface area contributed by atoms with E-state index in [-0.39, 0.29) is 24.2 Å². The van der Waals surface area contributed by atoms with Crippen LogP contribution in [0.1, 0.15) is 18.2 Å². The first-order chi connectivity index (χ1) is 12.6. The Morgan fingerprint density at radius 3 is 2.88 bits per heavy atom. The molecule has 0 radical (unpaired) electrons. The number of hydrogen-bond donors (Lipinski definition) is 0. The highest BCUT2D eigenvalue weighted by molar-refractivity contribution is 5.78. The molecule has 3 heterocycles. The zero-order valence-electron chi connectivity index (χ0n) is 14.4. The van der Waals surface area contributed by atoms with E-state index in [0.29, 0.717) is 18.8 Å². The van der Waals surface area contributed by atoms with Crippen molar-refractivity contribution in [2.45, 2.75) is 12.3 Å². The third-order valence-corrected chi connectivity index (χ3v) is 4.80. The molecule has 2 aromatic heterocycles. The molecule has 1 fully saturated rings. The quantitative estimate of drug-likeness (QED) is 0.722. The van der Waals surface area contributed by atoms with Crippen molar-refractivity contribution in [2.75, 3.05) is 19.7 Å². The average molecular weight is 354 g/mol. The van der Waals surface area contributed by atoms with Crippen LogP contribution >= 0.6 is 0 Å². The molecule has 6 nitrogen and oxygen atoms in total. The van der Waals surface area contributed by atoms with Crippen molar-refractivity contribution >= 4 is 16.9 Å². The molecule has 1 saturated heterocycles. The topological polar surface area (TPSA) is 60.2 Å². The molecular weight excluding hydrogens is 335 g/mol. The van der Waals surface area contributed by atoms with E-state index < -0.39 is 0 Å². The molecule has 7 heteroatoms. The maximum absolute atomic E-state index is 12.9. The van der Waals surface area contributed by atoms with Gasteiger partial charge in [0.05, 0.1) is 17.2 Å². The number of hydrogen-bond acceptors (Lipinski definition) is 4. The standard InChI is InChI=1S/C19H19FN4O2/c1-23-17-10-21-8-6-16(17)22-19(23)13-7-9-24(11-13)18(25)12-26-15-4-2-14(20)3-5-15/h2-6,8,10,13H,7,9,11-12H2,1H3/t13-/m0/s1. The number of carbonyl (C=O) groups is 1. The maximum atomic E-state index is 12.9. The van der Waals surface area contributed by atoms with Gasteiger partial charge in [-0.3, -0.25) is 9.78 Å². The lowest BCUT2D eigenvalue weighted by Crippen LogP contribution is -2.33. The molecule has 1 atom stereocenters. The minimum atomic E-state index is -0.330. The van der Waals surface area contributed by atoms with Gasteiger partial charge in [-0.1, -0.05) is 0 Å². The minimum absolute atomic E-state index is 0.0508. The number of amides is 1. The average Bonchev–Trinajstić information content (AvgIpc) is 3.26. The lowest BCUT2D eigenvalue weighted by molar-refractivity contribution is -0.132. The Morgan fingerprint density at radius 1 is 1.31 bits per heavy atom. The second kappa shape index (κ2) is 6.74. The van der Waals surface area contributed by atoms with Gasteiger partial charge in [-0.2, -0.15) is 0 Å². The van der Waals surface area contributed by atoms with Crippen molar-refractivity contribution in [3.05, 3.63) is 54.4 Å². The fourth-order valence-electron chi connectivity index (χ4n) is 3.38. The Bertz CT molecular complexity index is 938. The lowest BCUT2D eigenvalue weighted by Gasteiger charge is -2.17. The number of likely N-dealkylation sites (tertiary alicyclic amines) is 1. The molecule has 1 aliphatic rings. The van der Waals surface area contributed by atoms with Crippen LogP contribution in [0.3, 0.4) is 0 Å². The highest BCUT2D eigenvalue weighted by Crippen LogP contribution is 2.28. The van der Waals surface area contributed by atoms with Crippen molar-refractivity contribution in [3.63, 3.8) is 0 Å². The largest absolute Gasteiger partial charge is 0.484 e. The highest BCUT2D eigenvalue weighted by atomic mass is 19.1. The molecule has 134 valence electrons. The zero-order valence-corrected chi connectivity index (χ0v) is 14.4. The first-order valence-corrected chi connectivity index (χ1v) is 8.54. The van der Waals surface area contributed by atoms with E-state index in [2.05, 4.69) is 9.55 Å². The summed E-state index contributed by atoms with van der Waals surface area (Å²) in [5.74, 6) is 1.25. The Morgan fingerprint density at radius 2 is 2.12 bits per heavy atom. The number of fused-ring (bicyclic) bond motifs is 1. The summed E-state index contributed by atoms with van der Waals surface area (Å²) < 4.78 is 20.4. The SMILES string of the molecule is Cn1c([C@H]2CCN(C(=O)COc3ccc(F)cc3)C2)nc2ccncc21. The smallest absolute Gasteiger partial charge is 0.260 e. The molecule has 1 aliphatic heterocycles. The van der Waals surface area contributed by atoms with Gasteiger partial charge in [0.25, 0.3) is 5.91 Å². The predicted octanol–water partition coefficient (Wildman–Crippen LogP) is 2.50. The van der Waals surface area contributed by atoms with E-state index >= 15 is 0 Å². The summed E-state index contributed by atoms with van der Waals surface area (Å²) in [7, 11) is 1.98. The number of halogens is 1. The van der Waals surface area contributed by atoms with Crippen molar-refractivity contribution in [2.24, 2.45) is 7.05 Å². The van der Waals surface area contributed by atoms with Crippen LogP contribution in [0.5, 0.6) is 5.75 Å². The summed E-state index contributed by atoms with van der Waals surface area (Å²) in [6.07, 6.45) is 4.41. The summed E-state index contributed by atoms with van der Waals surface area (Å²) >= 11 is 0. The van der Waals surface area contributed by atoms with Crippen molar-refractivity contribution < 1.29 is 13.9 Å². The monoisotopic (exact) mass is 354 g/mol. The molecule has 1 aromatic carbocycles. The van der Waals surface area contributed by atoms with Crippen LogP contribution in [0, 0.1) is 5.82 Å². The number of aryl methyl sites for hydroxylation is 1. The fourth-order valence-corrected chi connectivity index (χ4v) is 3.38. The van der Waals surface area contributed by atoms with Crippen LogP contribution < -0.4 is 4.74 Å². The molecule has 0 aliphatic carbocycles. The van der Waals surface area contributed by atoms with E-state index in [4.69, 9.17) is 9.72 Å². The number of aromatic nitrogens is 3. The third kappa shape index (κ3) is 3.12. The zero-order chi connectivity index (χ0) is 18.1. The van der Waals surface area contributed by atoms with Gasteiger partial charge in [-0.15, -0.1) is 0 Å². The number of imidazole rings is 1. The van der Waals surface area contributed by atoms with Gasteiger partial charge in [0.1, 0.15) is 17.4 Å². The first-order valence-electron chi connectivity index (χ1n) is 8.54. The second-order valence-electron chi connectivity index (χ2n) is 6.46. The lowest BCUT2D eigenvalue weighted by atomic mass is 10.1. The predicted molar refractivity (Wildman–Crippen MR) is 94.3 cm³/mol. The fraction of sp³-hybridized carbons (Fsp3) is 0.316. The Hall–Kier alpha value is -2.96. The van der Waals surface area contributed by atoms with Gasteiger partial charge in [-0.05, 0) is 36.8 Å². The van der Waals surface area contributed by atoms with E-state index in [1.54, 1.807) is 17.3 Å². The normalized spacial score (nSPS) is 17.0. The van der Waals surface area contributed by atoms with Crippen molar-refractivity contribution in [1.29, 1.82) is 0 Å². The van der Waals surface area contributed by atoms with Gasteiger partial charge >= 0.3 is 0 Å². The van der Waals surface area contributed by atoms with Gasteiger partial charge in [0.15, 0.2) is 6.61 Å². The molecule has 4 rings (SSSR count). The maximum Gasteiger partial charge on any atom is 0.260 e. The van der Waals surface area contributed by atoms with E-state index in [1.165, 1.54) is 24.3 Å². The molecule has 0 unspecified atom stereocenters. The minimum Gasteiger partial charge on any atom is -0.484 e. The number of pyridine rings is 1. The first kappa shape index (κ1) is 16.5. The van der Waals surface area contributed by atoms with Crippen molar-refractivity contribution in [1.82, 2.24) is 19.4 Å². The number of rotatable bonds is 4. The molecular formula is C19H19FN4O2. The van der Waals surface area contributed by atoms with Crippen LogP contribution in [-0.4, -0.2) is 45.0 Å². The summed E-state index contributed by atoms with van der Waals surface area (Å²) in [5, 5.41) is 0. The van der Waals surface area contributed by atoms with Crippen LogP contribution in [0.15, 0.2) is 42.7 Å². The third-order valence-electron chi connectivity index (χ3n) is 4.80. The van der Waals surface area contributed by atoms with Gasteiger partial charge in [0.2, 0.25) is 0 Å². The van der Waals surface area contributed by atoms with Gasteiger partial charge < -0.3 is 14.2 Å².